The summed E-state index contributed by atoms with van der Waals surface area (Å²) in [6.45, 7) is 4.76. The van der Waals surface area contributed by atoms with Crippen molar-refractivity contribution in [3.8, 4) is 0 Å². The molecule has 2 amide bonds. The Kier molecular flexibility index (Phi) is 11.5. The van der Waals surface area contributed by atoms with Crippen LogP contribution < -0.4 is 21.1 Å². The van der Waals surface area contributed by atoms with Crippen LogP contribution in [0.15, 0.2) is 35.2 Å². The number of allylic oxidation sites excluding steroid dienone is 1. The van der Waals surface area contributed by atoms with Crippen LogP contribution in [0.25, 0.3) is 0 Å². The number of likely N-dealkylation sites (tertiary alicyclic amines) is 1. The maximum atomic E-state index is 13.9. The fourth-order valence-electron chi connectivity index (χ4n) is 5.72. The molecule has 1 aromatic carbocycles. The van der Waals surface area contributed by atoms with Crippen molar-refractivity contribution >= 4 is 39.4 Å². The van der Waals surface area contributed by atoms with Crippen LogP contribution in [0.5, 0.6) is 0 Å². The number of aryl methyl sites for hydroxylation is 1. The highest BCUT2D eigenvalue weighted by atomic mass is 32.2. The third-order valence-corrected chi connectivity index (χ3v) is 10.1. The van der Waals surface area contributed by atoms with E-state index in [0.29, 0.717) is 43.2 Å². The standard InChI is InChI=1S/C29H44N6O5S2/c1-19-3-5-21(6-4-19)18-40-22-15-25(28(36)33-16-23-8-10-26(41-23)27(30)31)35(17-22)29(37)24(34-42(2,38)39)9-7-20-11-13-32-14-12-20/h3-6,10,20,22-25,32,34H,7-9,11-18H2,1-2H3,(H3,30,31)(H,33,36)/t22-,23?,24-,25+/m1/s1. The van der Waals surface area contributed by atoms with Crippen LogP contribution in [0.3, 0.4) is 0 Å². The lowest BCUT2D eigenvalue weighted by atomic mass is 9.91. The Morgan fingerprint density at radius 2 is 1.95 bits per heavy atom. The van der Waals surface area contributed by atoms with E-state index in [0.717, 1.165) is 49.7 Å². The van der Waals surface area contributed by atoms with Crippen molar-refractivity contribution in [2.45, 2.75) is 75.5 Å². The van der Waals surface area contributed by atoms with Crippen molar-refractivity contribution in [2.24, 2.45) is 11.7 Å². The van der Waals surface area contributed by atoms with Gasteiger partial charge in [0.2, 0.25) is 21.8 Å². The number of hydrogen-bond acceptors (Lipinski definition) is 8. The number of rotatable bonds is 13. The minimum Gasteiger partial charge on any atom is -0.383 e. The van der Waals surface area contributed by atoms with Crippen LogP contribution in [-0.4, -0.2) is 86.8 Å². The van der Waals surface area contributed by atoms with E-state index in [1.807, 2.05) is 37.3 Å². The normalized spacial score (nSPS) is 23.9. The number of ether oxygens (including phenoxy) is 1. The van der Waals surface area contributed by atoms with Crippen LogP contribution >= 0.6 is 11.8 Å². The van der Waals surface area contributed by atoms with E-state index >= 15 is 0 Å². The van der Waals surface area contributed by atoms with Crippen LogP contribution in [0, 0.1) is 18.3 Å². The molecule has 1 unspecified atom stereocenters. The van der Waals surface area contributed by atoms with Gasteiger partial charge in [-0.1, -0.05) is 35.9 Å². The third kappa shape index (κ3) is 9.53. The van der Waals surface area contributed by atoms with Crippen LogP contribution in [0.1, 0.15) is 49.7 Å². The van der Waals surface area contributed by atoms with E-state index in [2.05, 4.69) is 15.4 Å². The minimum atomic E-state index is -3.66. The second-order valence-corrected chi connectivity index (χ2v) is 14.7. The molecule has 4 rings (SSSR count). The molecular weight excluding hydrogens is 576 g/mol. The molecule has 11 nitrogen and oxygen atoms in total. The molecule has 0 saturated carbocycles. The van der Waals surface area contributed by atoms with E-state index < -0.39 is 28.0 Å². The predicted molar refractivity (Wildman–Crippen MR) is 165 cm³/mol. The van der Waals surface area contributed by atoms with E-state index in [9.17, 15) is 18.0 Å². The Bertz CT molecular complexity index is 1250. The number of amides is 2. The van der Waals surface area contributed by atoms with Crippen molar-refractivity contribution < 1.29 is 22.7 Å². The van der Waals surface area contributed by atoms with Gasteiger partial charge in [0.1, 0.15) is 17.9 Å². The van der Waals surface area contributed by atoms with Crippen LogP contribution in [0.4, 0.5) is 0 Å². The highest BCUT2D eigenvalue weighted by Crippen LogP contribution is 2.32. The highest BCUT2D eigenvalue weighted by Gasteiger charge is 2.43. The van der Waals surface area contributed by atoms with Gasteiger partial charge in [-0.2, -0.15) is 0 Å². The first kappa shape index (κ1) is 32.5. The number of nitrogens with two attached hydrogens (primary N) is 1. The Balaban J connectivity index is 1.45. The summed E-state index contributed by atoms with van der Waals surface area (Å²) in [5, 5.41) is 14.0. The SMILES string of the molecule is Cc1ccc(CO[C@@H]2C[C@@H](C(=O)NCC3CC=C(C(=N)N)S3)N(C(=O)[C@@H](CCC3CCNCC3)NS(C)(=O)=O)C2)cc1. The molecule has 3 aliphatic heterocycles. The molecule has 2 saturated heterocycles. The van der Waals surface area contributed by atoms with Gasteiger partial charge in [-0.15, -0.1) is 11.8 Å². The van der Waals surface area contributed by atoms with E-state index in [1.165, 1.54) is 16.7 Å². The molecule has 3 heterocycles. The topological polar surface area (TPSA) is 167 Å². The molecule has 0 spiro atoms. The van der Waals surface area contributed by atoms with Crippen LogP contribution in [0.2, 0.25) is 0 Å². The molecular formula is C29H44N6O5S2. The second-order valence-electron chi connectivity index (χ2n) is 11.6. The second kappa shape index (κ2) is 14.8. The number of carbonyl (C=O) groups excluding carboxylic acids is 2. The number of hydrogen-bond donors (Lipinski definition) is 5. The van der Waals surface area contributed by atoms with Gasteiger partial charge in [-0.05, 0) is 63.6 Å². The predicted octanol–water partition coefficient (Wildman–Crippen LogP) is 1.62. The average molecular weight is 621 g/mol. The number of nitrogens with one attached hydrogen (secondary N) is 4. The zero-order valence-corrected chi connectivity index (χ0v) is 26.1. The first-order valence-corrected chi connectivity index (χ1v) is 17.4. The lowest BCUT2D eigenvalue weighted by Gasteiger charge is -2.30. The van der Waals surface area contributed by atoms with Crippen molar-refractivity contribution in [3.63, 3.8) is 0 Å². The number of thioether (sulfide) groups is 1. The smallest absolute Gasteiger partial charge is 0.242 e. The maximum Gasteiger partial charge on any atom is 0.242 e. The first-order chi connectivity index (χ1) is 20.0. The molecule has 3 aliphatic rings. The van der Waals surface area contributed by atoms with Gasteiger partial charge in [0.05, 0.1) is 19.0 Å². The van der Waals surface area contributed by atoms with Gasteiger partial charge in [0, 0.05) is 29.7 Å². The number of carbonyl (C=O) groups is 2. The van der Waals surface area contributed by atoms with Gasteiger partial charge in [-0.25, -0.2) is 13.1 Å². The third-order valence-electron chi connectivity index (χ3n) is 8.06. The van der Waals surface area contributed by atoms with Crippen molar-refractivity contribution in [2.75, 3.05) is 32.4 Å². The quantitative estimate of drug-likeness (QED) is 0.164. The Morgan fingerprint density at radius 3 is 2.60 bits per heavy atom. The number of piperidine rings is 1. The first-order valence-electron chi connectivity index (χ1n) is 14.6. The average Bonchev–Trinajstić information content (AvgIpc) is 3.61. The molecule has 0 aliphatic carbocycles. The number of sulfonamides is 1. The summed E-state index contributed by atoms with van der Waals surface area (Å²) in [5.74, 6) is -0.253. The van der Waals surface area contributed by atoms with Gasteiger partial charge in [0.15, 0.2) is 0 Å². The molecule has 0 radical (unpaired) electrons. The summed E-state index contributed by atoms with van der Waals surface area (Å²) < 4.78 is 33.3. The Labute approximate surface area is 253 Å². The molecule has 4 atom stereocenters. The largest absolute Gasteiger partial charge is 0.383 e. The van der Waals surface area contributed by atoms with E-state index in [-0.39, 0.29) is 29.6 Å². The summed E-state index contributed by atoms with van der Waals surface area (Å²) in [4.78, 5) is 29.7. The Morgan fingerprint density at radius 1 is 1.24 bits per heavy atom. The lowest BCUT2D eigenvalue weighted by molar-refractivity contribution is -0.140. The summed E-state index contributed by atoms with van der Waals surface area (Å²) in [6, 6.07) is 6.27. The zero-order chi connectivity index (χ0) is 30.3. The fraction of sp³-hybridized carbons (Fsp3) is 0.621. The van der Waals surface area contributed by atoms with Crippen molar-refractivity contribution in [3.05, 3.63) is 46.4 Å². The molecule has 0 bridgehead atoms. The fourth-order valence-corrected chi connectivity index (χ4v) is 7.49. The monoisotopic (exact) mass is 620 g/mol. The zero-order valence-electron chi connectivity index (χ0n) is 24.4. The maximum absolute atomic E-state index is 13.9. The summed E-state index contributed by atoms with van der Waals surface area (Å²) in [7, 11) is -3.66. The molecule has 2 fully saturated rings. The summed E-state index contributed by atoms with van der Waals surface area (Å²) in [6.07, 6.45) is 6.66. The van der Waals surface area contributed by atoms with Crippen LogP contribution in [-0.2, 0) is 31.0 Å². The van der Waals surface area contributed by atoms with Gasteiger partial charge in [0.25, 0.3) is 0 Å². The van der Waals surface area contributed by atoms with Crippen molar-refractivity contribution in [1.82, 2.24) is 20.3 Å². The molecule has 42 heavy (non-hydrogen) atoms. The summed E-state index contributed by atoms with van der Waals surface area (Å²) >= 11 is 1.46. The Hall–Kier alpha value is -2.45. The minimum absolute atomic E-state index is 0.0175. The van der Waals surface area contributed by atoms with Gasteiger partial charge < -0.3 is 26.0 Å². The summed E-state index contributed by atoms with van der Waals surface area (Å²) in [5.41, 5.74) is 7.74. The number of nitrogens with zero attached hydrogens (tertiary/aromatic N) is 1. The molecule has 232 valence electrons. The van der Waals surface area contributed by atoms with Gasteiger partial charge in [-0.3, -0.25) is 15.0 Å². The molecule has 0 aromatic heterocycles. The number of benzene rings is 1. The molecule has 1 aromatic rings. The molecule has 6 N–H and O–H groups in total. The number of amidine groups is 1. The van der Waals surface area contributed by atoms with Gasteiger partial charge >= 0.3 is 0 Å². The highest BCUT2D eigenvalue weighted by molar-refractivity contribution is 8.04. The lowest BCUT2D eigenvalue weighted by Crippen LogP contribution is -2.54. The van der Waals surface area contributed by atoms with E-state index in [1.54, 1.807) is 0 Å². The van der Waals surface area contributed by atoms with Crippen molar-refractivity contribution in [1.29, 1.82) is 5.41 Å². The molecule has 13 heteroatoms. The van der Waals surface area contributed by atoms with E-state index in [4.69, 9.17) is 15.9 Å².